The number of ketones is 1. The number of aromatic nitrogens is 3. The molecular formula is C30H31N7O4. The molecule has 11 nitrogen and oxygen atoms in total. The minimum absolute atomic E-state index is 0.0219. The van der Waals surface area contributed by atoms with E-state index in [-0.39, 0.29) is 29.2 Å². The van der Waals surface area contributed by atoms with E-state index in [1.165, 1.54) is 23.2 Å². The summed E-state index contributed by atoms with van der Waals surface area (Å²) < 4.78 is 5.69. The number of Topliss-reactive ketones (excluding diaryl/α,β-unsaturated/α-hetero) is 1. The van der Waals surface area contributed by atoms with Gasteiger partial charge in [-0.15, -0.1) is 0 Å². The minimum Gasteiger partial charge on any atom is -0.443 e. The monoisotopic (exact) mass is 553 g/mol. The van der Waals surface area contributed by atoms with Gasteiger partial charge in [-0.05, 0) is 70.0 Å². The van der Waals surface area contributed by atoms with Crippen molar-refractivity contribution in [1.82, 2.24) is 25.2 Å². The van der Waals surface area contributed by atoms with E-state index < -0.39 is 11.7 Å². The van der Waals surface area contributed by atoms with Gasteiger partial charge in [-0.2, -0.15) is 5.26 Å². The molecule has 1 saturated heterocycles. The Bertz CT molecular complexity index is 1540. The molecule has 3 aromatic rings. The number of anilines is 2. The topological polar surface area (TPSA) is 141 Å². The first-order valence-corrected chi connectivity index (χ1v) is 13.5. The lowest BCUT2D eigenvalue weighted by atomic mass is 10.0. The van der Waals surface area contributed by atoms with E-state index in [1.807, 2.05) is 11.0 Å². The fourth-order valence-electron chi connectivity index (χ4n) is 4.50. The summed E-state index contributed by atoms with van der Waals surface area (Å²) in [5.74, 6) is 0.181. The van der Waals surface area contributed by atoms with E-state index in [1.54, 1.807) is 45.2 Å². The van der Waals surface area contributed by atoms with Gasteiger partial charge in [-0.1, -0.05) is 0 Å². The van der Waals surface area contributed by atoms with Crippen molar-refractivity contribution in [1.29, 1.82) is 5.26 Å². The molecule has 0 aromatic carbocycles. The maximum absolute atomic E-state index is 13.5. The van der Waals surface area contributed by atoms with Gasteiger partial charge in [0.15, 0.2) is 5.78 Å². The Morgan fingerprint density at radius 1 is 1.12 bits per heavy atom. The van der Waals surface area contributed by atoms with Crippen LogP contribution in [0, 0.1) is 17.2 Å². The Hall–Kier alpha value is -4.69. The van der Waals surface area contributed by atoms with Crippen molar-refractivity contribution in [2.75, 3.05) is 24.5 Å². The maximum Gasteiger partial charge on any atom is 0.421 e. The van der Waals surface area contributed by atoms with E-state index >= 15 is 0 Å². The van der Waals surface area contributed by atoms with Crippen molar-refractivity contribution in [3.8, 4) is 17.3 Å². The van der Waals surface area contributed by atoms with Gasteiger partial charge in [0.2, 0.25) is 5.91 Å². The zero-order valence-corrected chi connectivity index (χ0v) is 23.3. The molecule has 0 radical (unpaired) electrons. The second-order valence-electron chi connectivity index (χ2n) is 11.2. The Kier molecular flexibility index (Phi) is 7.77. The highest BCUT2D eigenvalue weighted by Gasteiger charge is 2.33. The van der Waals surface area contributed by atoms with Crippen LogP contribution in [-0.2, 0) is 16.1 Å². The van der Waals surface area contributed by atoms with Crippen LogP contribution >= 0.6 is 0 Å². The molecule has 5 rings (SSSR count). The molecule has 4 heterocycles. The Morgan fingerprint density at radius 3 is 2.61 bits per heavy atom. The number of carbonyl (C=O) groups excluding carboxylic acids is 3. The molecule has 3 aromatic heterocycles. The van der Waals surface area contributed by atoms with Crippen molar-refractivity contribution in [3.05, 3.63) is 65.6 Å². The number of hydrogen-bond acceptors (Lipinski definition) is 9. The van der Waals surface area contributed by atoms with E-state index in [2.05, 4.69) is 21.4 Å². The second kappa shape index (κ2) is 11.4. The molecule has 2 aliphatic rings. The van der Waals surface area contributed by atoms with Crippen molar-refractivity contribution in [2.45, 2.75) is 45.8 Å². The highest BCUT2D eigenvalue weighted by atomic mass is 16.6. The van der Waals surface area contributed by atoms with Gasteiger partial charge in [-0.25, -0.2) is 19.7 Å². The maximum atomic E-state index is 13.5. The summed E-state index contributed by atoms with van der Waals surface area (Å²) in [5.41, 5.74) is 1.81. The number of nitrogens with zero attached hydrogens (tertiary/aromatic N) is 6. The number of amides is 2. The van der Waals surface area contributed by atoms with Crippen molar-refractivity contribution in [3.63, 3.8) is 0 Å². The molecular weight excluding hydrogens is 522 g/mol. The first-order valence-electron chi connectivity index (χ1n) is 13.5. The van der Waals surface area contributed by atoms with Gasteiger partial charge in [0, 0.05) is 49.1 Å². The molecule has 0 spiro atoms. The van der Waals surface area contributed by atoms with Crippen molar-refractivity contribution in [2.24, 2.45) is 5.92 Å². The number of carbonyl (C=O) groups is 3. The zero-order valence-electron chi connectivity index (χ0n) is 23.3. The van der Waals surface area contributed by atoms with Gasteiger partial charge in [-0.3, -0.25) is 19.5 Å². The average molecular weight is 554 g/mol. The van der Waals surface area contributed by atoms with Crippen LogP contribution in [0.15, 0.2) is 48.8 Å². The molecule has 0 atom stereocenters. The highest BCUT2D eigenvalue weighted by molar-refractivity contribution is 6.02. The molecule has 2 amide bonds. The predicted octanol–water partition coefficient (Wildman–Crippen LogP) is 4.01. The lowest BCUT2D eigenvalue weighted by molar-refractivity contribution is -0.124. The van der Waals surface area contributed by atoms with Crippen LogP contribution in [0.25, 0.3) is 11.3 Å². The smallest absolute Gasteiger partial charge is 0.421 e. The molecule has 1 aliphatic carbocycles. The fraction of sp³-hybridized carbons (Fsp3) is 0.367. The summed E-state index contributed by atoms with van der Waals surface area (Å²) >= 11 is 0. The van der Waals surface area contributed by atoms with Crippen LogP contribution in [-0.4, -0.2) is 62.9 Å². The summed E-state index contributed by atoms with van der Waals surface area (Å²) in [5, 5.41) is 12.3. The molecule has 0 bridgehead atoms. The predicted molar refractivity (Wildman–Crippen MR) is 150 cm³/mol. The van der Waals surface area contributed by atoms with Crippen molar-refractivity contribution >= 4 is 29.4 Å². The molecule has 1 aliphatic heterocycles. The third-order valence-corrected chi connectivity index (χ3v) is 6.57. The quantitative estimate of drug-likeness (QED) is 0.430. The largest absolute Gasteiger partial charge is 0.443 e. The molecule has 0 unspecified atom stereocenters. The van der Waals surface area contributed by atoms with Gasteiger partial charge in [0.25, 0.3) is 0 Å². The number of pyridine rings is 3. The standard InChI is InChI=1S/C30H31N7O4/c1-30(2,3)41-29(40)37(25-12-19(16-31)6-8-33-25)26-15-22(28(39)20-4-5-20)14-24(35-26)21-7-9-32-23(13-21)17-36-11-10-34-27(38)18-36/h6-9,12-15,20H,4-5,10-11,17-18H2,1-3H3,(H,34,38). The van der Waals surface area contributed by atoms with Crippen LogP contribution in [0.4, 0.5) is 16.4 Å². The number of rotatable bonds is 7. The van der Waals surface area contributed by atoms with Crippen LogP contribution in [0.5, 0.6) is 0 Å². The minimum atomic E-state index is -0.822. The fourth-order valence-corrected chi connectivity index (χ4v) is 4.50. The van der Waals surface area contributed by atoms with Crippen molar-refractivity contribution < 1.29 is 19.1 Å². The lowest BCUT2D eigenvalue weighted by Gasteiger charge is -2.27. The van der Waals surface area contributed by atoms with E-state index in [4.69, 9.17) is 9.72 Å². The van der Waals surface area contributed by atoms with Gasteiger partial charge < -0.3 is 10.1 Å². The number of hydrogen-bond donors (Lipinski definition) is 1. The number of nitriles is 1. The third kappa shape index (κ3) is 6.91. The summed E-state index contributed by atoms with van der Waals surface area (Å²) in [6, 6.07) is 12.0. The Balaban J connectivity index is 1.59. The van der Waals surface area contributed by atoms with Gasteiger partial charge in [0.05, 0.1) is 29.6 Å². The van der Waals surface area contributed by atoms with Crippen LogP contribution in [0.2, 0.25) is 0 Å². The average Bonchev–Trinajstić information content (AvgIpc) is 3.78. The first-order chi connectivity index (χ1) is 19.6. The lowest BCUT2D eigenvalue weighted by Crippen LogP contribution is -2.47. The second-order valence-corrected chi connectivity index (χ2v) is 11.2. The normalized spacial score (nSPS) is 15.5. The first kappa shape index (κ1) is 27.9. The van der Waals surface area contributed by atoms with Crippen LogP contribution < -0.4 is 10.2 Å². The SMILES string of the molecule is CC(C)(C)OC(=O)N(c1cc(C#N)ccn1)c1cc(C(=O)C2CC2)cc(-c2ccnc(CN3CCNC(=O)C3)c2)n1. The molecule has 1 saturated carbocycles. The summed E-state index contributed by atoms with van der Waals surface area (Å²) in [7, 11) is 0. The van der Waals surface area contributed by atoms with Gasteiger partial charge >= 0.3 is 6.09 Å². The van der Waals surface area contributed by atoms with Crippen LogP contribution in [0.3, 0.4) is 0 Å². The summed E-state index contributed by atoms with van der Waals surface area (Å²) in [6.07, 6.45) is 3.98. The van der Waals surface area contributed by atoms with Crippen LogP contribution in [0.1, 0.15) is 55.2 Å². The highest BCUT2D eigenvalue weighted by Crippen LogP contribution is 2.36. The Labute approximate surface area is 238 Å². The van der Waals surface area contributed by atoms with E-state index in [9.17, 15) is 19.6 Å². The number of piperazine rings is 1. The Morgan fingerprint density at radius 2 is 1.90 bits per heavy atom. The summed E-state index contributed by atoms with van der Waals surface area (Å²) in [4.78, 5) is 55.5. The molecule has 210 valence electrons. The number of nitrogens with one attached hydrogen (secondary N) is 1. The molecule has 41 heavy (non-hydrogen) atoms. The third-order valence-electron chi connectivity index (χ3n) is 6.57. The molecule has 2 fully saturated rings. The molecule has 11 heteroatoms. The zero-order chi connectivity index (χ0) is 29.1. The summed E-state index contributed by atoms with van der Waals surface area (Å²) in [6.45, 7) is 7.31. The van der Waals surface area contributed by atoms with E-state index in [0.29, 0.717) is 48.6 Å². The van der Waals surface area contributed by atoms with E-state index in [0.717, 1.165) is 18.5 Å². The number of ether oxygens (including phenoxy) is 1. The van der Waals surface area contributed by atoms with Gasteiger partial charge in [0.1, 0.15) is 17.2 Å². The molecule has 1 N–H and O–H groups in total.